The minimum Gasteiger partial charge on any atom is -0.406 e. The third kappa shape index (κ3) is 4.08. The van der Waals surface area contributed by atoms with Crippen molar-refractivity contribution in [2.75, 3.05) is 14.1 Å². The number of carbonyl (C=O) groups is 1. The molecule has 2 heterocycles. The third-order valence-corrected chi connectivity index (χ3v) is 3.56. The van der Waals surface area contributed by atoms with Crippen LogP contribution in [-0.2, 0) is 0 Å². The van der Waals surface area contributed by atoms with E-state index >= 15 is 0 Å². The molecular weight excluding hydrogens is 379 g/mol. The van der Waals surface area contributed by atoms with Crippen LogP contribution >= 0.6 is 0 Å². The molecule has 0 saturated carbocycles. The van der Waals surface area contributed by atoms with E-state index in [1.54, 1.807) is 25.9 Å². The predicted octanol–water partition coefficient (Wildman–Crippen LogP) is 3.28. The van der Waals surface area contributed by atoms with Crippen molar-refractivity contribution >= 4 is 29.0 Å². The summed E-state index contributed by atoms with van der Waals surface area (Å²) in [5.74, 6) is -0.916. The molecule has 0 saturated heterocycles. The Labute approximate surface area is 156 Å². The number of carbonyl (C=O) groups excluding carboxylic acids is 1. The van der Waals surface area contributed by atoms with Gasteiger partial charge in [0, 0.05) is 19.7 Å². The molecule has 0 fully saturated rings. The lowest BCUT2D eigenvalue weighted by molar-refractivity contribution is -0.274. The number of ether oxygens (including phenoxy) is 1. The second-order valence-electron chi connectivity index (χ2n) is 5.97. The van der Waals surface area contributed by atoms with Crippen LogP contribution in [-0.4, -0.2) is 52.8 Å². The Balaban J connectivity index is 2.06. The zero-order chi connectivity index (χ0) is 20.5. The molecule has 0 unspecified atom stereocenters. The van der Waals surface area contributed by atoms with Crippen molar-refractivity contribution in [1.82, 2.24) is 20.2 Å². The Morgan fingerprint density at radius 2 is 1.89 bits per heavy atom. The van der Waals surface area contributed by atoms with E-state index in [9.17, 15) is 18.0 Å². The Bertz CT molecular complexity index is 1040. The van der Waals surface area contributed by atoms with Crippen molar-refractivity contribution in [2.24, 2.45) is 4.99 Å². The molecule has 0 bridgehead atoms. The highest BCUT2D eigenvalue weighted by molar-refractivity contribution is 6.15. The van der Waals surface area contributed by atoms with Crippen molar-refractivity contribution < 1.29 is 27.3 Å². The van der Waals surface area contributed by atoms with Crippen LogP contribution < -0.4 is 4.74 Å². The summed E-state index contributed by atoms with van der Waals surface area (Å²) in [6.07, 6.45) is -3.34. The highest BCUT2D eigenvalue weighted by Crippen LogP contribution is 2.31. The van der Waals surface area contributed by atoms with E-state index in [1.165, 1.54) is 18.5 Å². The molecule has 3 rings (SSSR count). The Hall–Kier alpha value is -3.50. The molecule has 0 spiro atoms. The summed E-state index contributed by atoms with van der Waals surface area (Å²) >= 11 is 0. The molecule has 0 aliphatic carbocycles. The van der Waals surface area contributed by atoms with Crippen molar-refractivity contribution in [3.8, 4) is 5.75 Å². The molecule has 0 amide bonds. The SMILES string of the molecule is Cc1nc2nonc2c(/N=C/N(C)C)c1C(=O)c1ccc(OC(F)(F)F)cc1. The van der Waals surface area contributed by atoms with Gasteiger partial charge in [-0.2, -0.15) is 0 Å². The van der Waals surface area contributed by atoms with Gasteiger partial charge >= 0.3 is 6.36 Å². The maximum atomic E-state index is 13.0. The van der Waals surface area contributed by atoms with Gasteiger partial charge in [0.15, 0.2) is 11.3 Å². The van der Waals surface area contributed by atoms with Crippen molar-refractivity contribution in [1.29, 1.82) is 0 Å². The number of aromatic nitrogens is 3. The topological polar surface area (TPSA) is 93.7 Å². The number of aliphatic imine (C=N–C) groups is 1. The summed E-state index contributed by atoms with van der Waals surface area (Å²) in [6.45, 7) is 1.59. The number of hydrogen-bond donors (Lipinski definition) is 0. The van der Waals surface area contributed by atoms with Crippen LogP contribution in [0.25, 0.3) is 11.2 Å². The van der Waals surface area contributed by atoms with Crippen molar-refractivity contribution in [3.63, 3.8) is 0 Å². The molecule has 0 aliphatic rings. The fourth-order valence-corrected chi connectivity index (χ4v) is 2.43. The maximum Gasteiger partial charge on any atom is 0.573 e. The zero-order valence-electron chi connectivity index (χ0n) is 15.0. The minimum absolute atomic E-state index is 0.136. The summed E-state index contributed by atoms with van der Waals surface area (Å²) in [5, 5.41) is 7.42. The Morgan fingerprint density at radius 1 is 1.21 bits per heavy atom. The first-order valence-electron chi connectivity index (χ1n) is 7.89. The van der Waals surface area contributed by atoms with Gasteiger partial charge in [-0.05, 0) is 41.5 Å². The van der Waals surface area contributed by atoms with E-state index in [0.29, 0.717) is 5.69 Å². The van der Waals surface area contributed by atoms with E-state index < -0.39 is 17.9 Å². The average Bonchev–Trinajstić information content (AvgIpc) is 3.06. The summed E-state index contributed by atoms with van der Waals surface area (Å²) in [6, 6.07) is 4.58. The lowest BCUT2D eigenvalue weighted by Gasteiger charge is -2.11. The summed E-state index contributed by atoms with van der Waals surface area (Å²) in [4.78, 5) is 23.2. The smallest absolute Gasteiger partial charge is 0.406 e. The first-order chi connectivity index (χ1) is 13.2. The normalized spacial score (nSPS) is 11.9. The highest BCUT2D eigenvalue weighted by Gasteiger charge is 2.31. The number of pyridine rings is 1. The lowest BCUT2D eigenvalue weighted by atomic mass is 10.00. The summed E-state index contributed by atoms with van der Waals surface area (Å²) < 4.78 is 45.4. The molecule has 28 heavy (non-hydrogen) atoms. The van der Waals surface area contributed by atoms with Gasteiger partial charge in [-0.15, -0.1) is 13.2 Å². The fourth-order valence-electron chi connectivity index (χ4n) is 2.43. The average molecular weight is 393 g/mol. The van der Waals surface area contributed by atoms with E-state index in [4.69, 9.17) is 0 Å². The lowest BCUT2D eigenvalue weighted by Crippen LogP contribution is -2.17. The number of hydrogen-bond acceptors (Lipinski definition) is 7. The van der Waals surface area contributed by atoms with Gasteiger partial charge < -0.3 is 9.64 Å². The number of aryl methyl sites for hydroxylation is 1. The molecule has 11 heteroatoms. The predicted molar refractivity (Wildman–Crippen MR) is 92.7 cm³/mol. The van der Waals surface area contributed by atoms with Gasteiger partial charge in [0.2, 0.25) is 5.65 Å². The Morgan fingerprint density at radius 3 is 2.50 bits per heavy atom. The van der Waals surface area contributed by atoms with Gasteiger partial charge in [-0.25, -0.2) is 14.6 Å². The molecule has 2 aromatic heterocycles. The van der Waals surface area contributed by atoms with Crippen LogP contribution in [0.3, 0.4) is 0 Å². The number of ketones is 1. The van der Waals surface area contributed by atoms with Crippen LogP contribution in [0, 0.1) is 6.92 Å². The zero-order valence-corrected chi connectivity index (χ0v) is 15.0. The molecule has 0 atom stereocenters. The number of nitrogens with zero attached hydrogens (tertiary/aromatic N) is 5. The van der Waals surface area contributed by atoms with Gasteiger partial charge in [0.05, 0.1) is 17.6 Å². The monoisotopic (exact) mass is 393 g/mol. The van der Waals surface area contributed by atoms with Crippen LogP contribution in [0.15, 0.2) is 33.9 Å². The highest BCUT2D eigenvalue weighted by atomic mass is 19.4. The molecule has 0 aliphatic heterocycles. The molecule has 1 aromatic carbocycles. The molecule has 0 N–H and O–H groups in total. The summed E-state index contributed by atoms with van der Waals surface area (Å²) in [5.41, 5.74) is 1.20. The van der Waals surface area contributed by atoms with Crippen LogP contribution in [0.2, 0.25) is 0 Å². The molecule has 146 valence electrons. The first-order valence-corrected chi connectivity index (χ1v) is 7.89. The van der Waals surface area contributed by atoms with E-state index in [-0.39, 0.29) is 28.0 Å². The molecule has 8 nitrogen and oxygen atoms in total. The molecule has 3 aromatic rings. The molecular formula is C17H14F3N5O3. The number of fused-ring (bicyclic) bond motifs is 1. The quantitative estimate of drug-likeness (QED) is 0.373. The summed E-state index contributed by atoms with van der Waals surface area (Å²) in [7, 11) is 3.49. The number of halogens is 3. The van der Waals surface area contributed by atoms with Crippen LogP contribution in [0.5, 0.6) is 5.75 Å². The Kier molecular flexibility index (Phi) is 4.99. The second-order valence-corrected chi connectivity index (χ2v) is 5.97. The largest absolute Gasteiger partial charge is 0.573 e. The van der Waals surface area contributed by atoms with Gasteiger partial charge in [0.1, 0.15) is 11.4 Å². The number of alkyl halides is 3. The van der Waals surface area contributed by atoms with Crippen LogP contribution in [0.4, 0.5) is 18.9 Å². The van der Waals surface area contributed by atoms with Crippen molar-refractivity contribution in [3.05, 3.63) is 41.1 Å². The van der Waals surface area contributed by atoms with Crippen molar-refractivity contribution in [2.45, 2.75) is 13.3 Å². The third-order valence-electron chi connectivity index (χ3n) is 3.56. The first kappa shape index (κ1) is 19.3. The minimum atomic E-state index is -4.81. The fraction of sp³-hybridized carbons (Fsp3) is 0.235. The maximum absolute atomic E-state index is 13.0. The van der Waals surface area contributed by atoms with Gasteiger partial charge in [0.25, 0.3) is 0 Å². The number of rotatable bonds is 5. The van der Waals surface area contributed by atoms with E-state index in [1.807, 2.05) is 0 Å². The van der Waals surface area contributed by atoms with E-state index in [2.05, 4.69) is 29.7 Å². The standard InChI is InChI=1S/C17H14F3N5O3/c1-9-12(13(21-8-25(2)3)14-16(22-9)24-28-23-14)15(26)10-4-6-11(7-5-10)27-17(18,19)20/h4-8H,1-3H3/b21-8+. The molecule has 0 radical (unpaired) electrons. The van der Waals surface area contributed by atoms with Gasteiger partial charge in [-0.1, -0.05) is 0 Å². The number of benzene rings is 1. The van der Waals surface area contributed by atoms with Crippen LogP contribution in [0.1, 0.15) is 21.6 Å². The van der Waals surface area contributed by atoms with E-state index in [0.717, 1.165) is 12.1 Å². The second kappa shape index (κ2) is 7.25. The van der Waals surface area contributed by atoms with Gasteiger partial charge in [-0.3, -0.25) is 4.79 Å².